The summed E-state index contributed by atoms with van der Waals surface area (Å²) in [5.74, 6) is -0.140. The molecule has 6 heteroatoms. The van der Waals surface area contributed by atoms with Crippen molar-refractivity contribution in [3.05, 3.63) is 35.4 Å². The van der Waals surface area contributed by atoms with Gasteiger partial charge in [0.05, 0.1) is 12.2 Å². The summed E-state index contributed by atoms with van der Waals surface area (Å²) in [4.78, 5) is 12.8. The van der Waals surface area contributed by atoms with E-state index in [-0.39, 0.29) is 23.9 Å². The Bertz CT molecular complexity index is 655. The molecule has 0 N–H and O–H groups in total. The molecular weight excluding hydrogens is 321 g/mol. The van der Waals surface area contributed by atoms with Gasteiger partial charge in [-0.2, -0.15) is 13.2 Å². The fourth-order valence-corrected chi connectivity index (χ4v) is 3.85. The van der Waals surface area contributed by atoms with Gasteiger partial charge < -0.3 is 9.47 Å². The summed E-state index contributed by atoms with van der Waals surface area (Å²) in [6.45, 7) is 5.39. The number of fused-ring (bicyclic) bond motifs is 2. The van der Waals surface area contributed by atoms with Crippen LogP contribution in [0.4, 0.5) is 13.2 Å². The number of benzene rings is 1. The van der Waals surface area contributed by atoms with Crippen LogP contribution in [0.1, 0.15) is 44.7 Å². The van der Waals surface area contributed by atoms with E-state index >= 15 is 0 Å². The zero-order valence-electron chi connectivity index (χ0n) is 13.9. The number of ketones is 1. The standard InChI is InChI=1S/C18H21F3O3/c1-11(2)17-9-8-16(3,24-17)15(14(17)22)23-10-12-6-4-5-7-13(12)18(19,20)21/h4-7,11,15H,8-10H2,1-3H3/t15-,16+,17+/m1/s1. The first kappa shape index (κ1) is 17.4. The topological polar surface area (TPSA) is 35.5 Å². The number of hydrogen-bond donors (Lipinski definition) is 0. The van der Waals surface area contributed by atoms with E-state index in [9.17, 15) is 18.0 Å². The molecule has 24 heavy (non-hydrogen) atoms. The van der Waals surface area contributed by atoms with Crippen molar-refractivity contribution in [2.45, 2.75) is 63.7 Å². The third kappa shape index (κ3) is 2.56. The number of ether oxygens (including phenoxy) is 2. The average Bonchev–Trinajstić information content (AvgIpc) is 2.96. The second-order valence-corrected chi connectivity index (χ2v) is 7.17. The van der Waals surface area contributed by atoms with Gasteiger partial charge in [0.2, 0.25) is 0 Å². The van der Waals surface area contributed by atoms with Crippen molar-refractivity contribution in [2.75, 3.05) is 0 Å². The van der Waals surface area contributed by atoms with Crippen molar-refractivity contribution >= 4 is 5.78 Å². The number of alkyl halides is 3. The Morgan fingerprint density at radius 2 is 1.96 bits per heavy atom. The second-order valence-electron chi connectivity index (χ2n) is 7.17. The molecular formula is C18H21F3O3. The molecule has 0 radical (unpaired) electrons. The molecule has 2 aliphatic rings. The average molecular weight is 342 g/mol. The van der Waals surface area contributed by atoms with Crippen molar-refractivity contribution in [1.82, 2.24) is 0 Å². The summed E-state index contributed by atoms with van der Waals surface area (Å²) in [5, 5.41) is 0. The molecule has 2 saturated heterocycles. The molecule has 2 aliphatic heterocycles. The summed E-state index contributed by atoms with van der Waals surface area (Å²) in [6.07, 6.45) is -3.96. The van der Waals surface area contributed by atoms with Gasteiger partial charge in [0.25, 0.3) is 0 Å². The van der Waals surface area contributed by atoms with Crippen LogP contribution in [-0.4, -0.2) is 23.1 Å². The highest BCUT2D eigenvalue weighted by atomic mass is 19.4. The zero-order chi connectivity index (χ0) is 17.8. The normalized spacial score (nSPS) is 32.8. The van der Waals surface area contributed by atoms with Gasteiger partial charge in [-0.3, -0.25) is 4.79 Å². The number of hydrogen-bond acceptors (Lipinski definition) is 3. The van der Waals surface area contributed by atoms with E-state index in [4.69, 9.17) is 9.47 Å². The molecule has 0 spiro atoms. The highest BCUT2D eigenvalue weighted by Crippen LogP contribution is 2.53. The molecule has 132 valence electrons. The molecule has 1 aromatic carbocycles. The number of carbonyl (C=O) groups excluding carboxylic acids is 1. The van der Waals surface area contributed by atoms with Crippen LogP contribution in [-0.2, 0) is 27.1 Å². The highest BCUT2D eigenvalue weighted by Gasteiger charge is 2.67. The summed E-state index contributed by atoms with van der Waals surface area (Å²) in [6, 6.07) is 5.27. The van der Waals surface area contributed by atoms with E-state index in [2.05, 4.69) is 0 Å². The number of rotatable bonds is 4. The fraction of sp³-hybridized carbons (Fsp3) is 0.611. The first-order valence-electron chi connectivity index (χ1n) is 8.11. The van der Waals surface area contributed by atoms with Gasteiger partial charge in [0, 0.05) is 0 Å². The summed E-state index contributed by atoms with van der Waals surface area (Å²) in [5.41, 5.74) is -2.31. The van der Waals surface area contributed by atoms with Crippen molar-refractivity contribution < 1.29 is 27.4 Å². The lowest BCUT2D eigenvalue weighted by Crippen LogP contribution is -2.48. The first-order chi connectivity index (χ1) is 11.1. The lowest BCUT2D eigenvalue weighted by Gasteiger charge is -2.30. The highest BCUT2D eigenvalue weighted by molar-refractivity contribution is 5.96. The lowest BCUT2D eigenvalue weighted by atomic mass is 9.74. The minimum Gasteiger partial charge on any atom is -0.363 e. The SMILES string of the molecule is CC(C)[C@]12CC[C@](C)(O1)[C@H](OCc1ccccc1C(F)(F)F)C2=O. The van der Waals surface area contributed by atoms with Gasteiger partial charge in [-0.1, -0.05) is 32.0 Å². The molecule has 0 aliphatic carbocycles. The van der Waals surface area contributed by atoms with E-state index in [1.165, 1.54) is 18.2 Å². The Balaban J connectivity index is 1.81. The third-order valence-electron chi connectivity index (χ3n) is 5.28. The minimum atomic E-state index is -4.45. The van der Waals surface area contributed by atoms with Crippen molar-refractivity contribution in [3.8, 4) is 0 Å². The van der Waals surface area contributed by atoms with Crippen molar-refractivity contribution in [2.24, 2.45) is 5.92 Å². The molecule has 2 fully saturated rings. The second kappa shape index (κ2) is 5.56. The van der Waals surface area contributed by atoms with Crippen LogP contribution in [0.25, 0.3) is 0 Å². The lowest BCUT2D eigenvalue weighted by molar-refractivity contribution is -0.141. The Kier molecular flexibility index (Phi) is 4.04. The maximum atomic E-state index is 13.1. The fourth-order valence-electron chi connectivity index (χ4n) is 3.85. The molecule has 0 unspecified atom stereocenters. The van der Waals surface area contributed by atoms with Crippen LogP contribution in [0.2, 0.25) is 0 Å². The number of halogens is 3. The maximum Gasteiger partial charge on any atom is 0.416 e. The van der Waals surface area contributed by atoms with Gasteiger partial charge in [0.1, 0.15) is 17.3 Å². The van der Waals surface area contributed by atoms with Crippen LogP contribution in [0, 0.1) is 5.92 Å². The maximum absolute atomic E-state index is 13.1. The summed E-state index contributed by atoms with van der Waals surface area (Å²) in [7, 11) is 0. The van der Waals surface area contributed by atoms with Gasteiger partial charge in [-0.15, -0.1) is 0 Å². The van der Waals surface area contributed by atoms with Crippen LogP contribution in [0.15, 0.2) is 24.3 Å². The van der Waals surface area contributed by atoms with E-state index in [1.807, 2.05) is 20.8 Å². The van der Waals surface area contributed by atoms with Gasteiger partial charge in [0.15, 0.2) is 5.78 Å². The molecule has 2 heterocycles. The Hall–Kier alpha value is -1.40. The van der Waals surface area contributed by atoms with E-state index < -0.39 is 29.0 Å². The molecule has 2 bridgehead atoms. The van der Waals surface area contributed by atoms with E-state index in [0.717, 1.165) is 6.07 Å². The van der Waals surface area contributed by atoms with Crippen molar-refractivity contribution in [1.29, 1.82) is 0 Å². The Labute approximate surface area is 139 Å². The first-order valence-corrected chi connectivity index (χ1v) is 8.11. The van der Waals surface area contributed by atoms with E-state index in [1.54, 1.807) is 0 Å². The van der Waals surface area contributed by atoms with Gasteiger partial charge in [-0.05, 0) is 37.3 Å². The smallest absolute Gasteiger partial charge is 0.363 e. The number of Topliss-reactive ketones (excluding diaryl/α,β-unsaturated/α-hetero) is 1. The Morgan fingerprint density at radius 3 is 2.54 bits per heavy atom. The molecule has 1 aromatic rings. The van der Waals surface area contributed by atoms with Crippen LogP contribution < -0.4 is 0 Å². The predicted molar refractivity (Wildman–Crippen MR) is 81.3 cm³/mol. The van der Waals surface area contributed by atoms with Gasteiger partial charge >= 0.3 is 6.18 Å². The Morgan fingerprint density at radius 1 is 1.29 bits per heavy atom. The van der Waals surface area contributed by atoms with Crippen LogP contribution >= 0.6 is 0 Å². The summed E-state index contributed by atoms with van der Waals surface area (Å²) < 4.78 is 50.9. The molecule has 0 amide bonds. The quantitative estimate of drug-likeness (QED) is 0.825. The van der Waals surface area contributed by atoms with Gasteiger partial charge in [-0.25, -0.2) is 0 Å². The molecule has 3 rings (SSSR count). The van der Waals surface area contributed by atoms with E-state index in [0.29, 0.717) is 12.8 Å². The minimum absolute atomic E-state index is 0.00267. The molecule has 0 saturated carbocycles. The molecule has 3 atom stereocenters. The molecule has 3 nitrogen and oxygen atoms in total. The number of carbonyl (C=O) groups is 1. The largest absolute Gasteiger partial charge is 0.416 e. The predicted octanol–water partition coefficient (Wildman–Crippen LogP) is 4.14. The summed E-state index contributed by atoms with van der Waals surface area (Å²) >= 11 is 0. The zero-order valence-corrected chi connectivity index (χ0v) is 13.9. The monoisotopic (exact) mass is 342 g/mol. The van der Waals surface area contributed by atoms with Crippen LogP contribution in [0.3, 0.4) is 0 Å². The third-order valence-corrected chi connectivity index (χ3v) is 5.28. The van der Waals surface area contributed by atoms with Crippen molar-refractivity contribution in [3.63, 3.8) is 0 Å². The molecule has 0 aromatic heterocycles. The van der Waals surface area contributed by atoms with Crippen LogP contribution in [0.5, 0.6) is 0 Å².